The fourth-order valence-corrected chi connectivity index (χ4v) is 2.48. The minimum Gasteiger partial charge on any atom is -0.310 e. The van der Waals surface area contributed by atoms with Crippen molar-refractivity contribution in [2.75, 3.05) is 6.54 Å². The van der Waals surface area contributed by atoms with Gasteiger partial charge in [0, 0.05) is 10.5 Å². The van der Waals surface area contributed by atoms with Crippen LogP contribution in [-0.2, 0) is 6.42 Å². The van der Waals surface area contributed by atoms with Gasteiger partial charge in [-0.2, -0.15) is 0 Å². The summed E-state index contributed by atoms with van der Waals surface area (Å²) in [7, 11) is 0. The van der Waals surface area contributed by atoms with E-state index in [4.69, 9.17) is 0 Å². The molecule has 2 aromatic carbocycles. The number of halogens is 3. The first-order chi connectivity index (χ1) is 10.1. The van der Waals surface area contributed by atoms with Crippen LogP contribution in [0.1, 0.15) is 30.5 Å². The average Bonchev–Trinajstić information content (AvgIpc) is 2.48. The lowest BCUT2D eigenvalue weighted by atomic mass is 9.98. The molecule has 0 spiro atoms. The molecule has 21 heavy (non-hydrogen) atoms. The molecule has 0 fully saturated rings. The second kappa shape index (κ2) is 7.66. The largest absolute Gasteiger partial charge is 0.310 e. The Bertz CT molecular complexity index is 584. The topological polar surface area (TPSA) is 12.0 Å². The highest BCUT2D eigenvalue weighted by atomic mass is 79.9. The van der Waals surface area contributed by atoms with Crippen LogP contribution in [-0.4, -0.2) is 6.54 Å². The SMILES string of the molecule is CCCNC(Cc1ccc(Br)cc1)c1ccc(F)c(F)c1. The Kier molecular flexibility index (Phi) is 5.88. The molecule has 1 N–H and O–H groups in total. The van der Waals surface area contributed by atoms with E-state index in [1.807, 2.05) is 24.3 Å². The highest BCUT2D eigenvalue weighted by molar-refractivity contribution is 9.10. The zero-order valence-corrected chi connectivity index (χ0v) is 13.5. The Hall–Kier alpha value is -1.26. The predicted molar refractivity (Wildman–Crippen MR) is 85.2 cm³/mol. The van der Waals surface area contributed by atoms with Crippen LogP contribution in [0.15, 0.2) is 46.9 Å². The van der Waals surface area contributed by atoms with Crippen LogP contribution in [0.3, 0.4) is 0 Å². The third-order valence-corrected chi connectivity index (χ3v) is 3.87. The summed E-state index contributed by atoms with van der Waals surface area (Å²) < 4.78 is 27.6. The number of rotatable bonds is 6. The van der Waals surface area contributed by atoms with Gasteiger partial charge >= 0.3 is 0 Å². The van der Waals surface area contributed by atoms with Gasteiger partial charge in [-0.3, -0.25) is 0 Å². The number of benzene rings is 2. The van der Waals surface area contributed by atoms with Gasteiger partial charge in [0.1, 0.15) is 0 Å². The summed E-state index contributed by atoms with van der Waals surface area (Å²) in [6.07, 6.45) is 1.72. The molecule has 1 unspecified atom stereocenters. The van der Waals surface area contributed by atoms with Crippen LogP contribution in [0.2, 0.25) is 0 Å². The summed E-state index contributed by atoms with van der Waals surface area (Å²) in [6.45, 7) is 2.91. The van der Waals surface area contributed by atoms with E-state index in [0.29, 0.717) is 0 Å². The molecule has 0 aliphatic heterocycles. The molecule has 1 atom stereocenters. The van der Waals surface area contributed by atoms with Crippen LogP contribution in [0, 0.1) is 11.6 Å². The number of nitrogens with one attached hydrogen (secondary N) is 1. The number of hydrogen-bond acceptors (Lipinski definition) is 1. The maximum Gasteiger partial charge on any atom is 0.159 e. The fourth-order valence-electron chi connectivity index (χ4n) is 2.21. The minimum atomic E-state index is -0.809. The fraction of sp³-hybridized carbons (Fsp3) is 0.294. The number of hydrogen-bond donors (Lipinski definition) is 1. The molecule has 4 heteroatoms. The van der Waals surface area contributed by atoms with Crippen molar-refractivity contribution >= 4 is 15.9 Å². The molecule has 0 heterocycles. The van der Waals surface area contributed by atoms with Crippen molar-refractivity contribution in [3.8, 4) is 0 Å². The summed E-state index contributed by atoms with van der Waals surface area (Å²) in [4.78, 5) is 0. The van der Waals surface area contributed by atoms with Crippen LogP contribution in [0.4, 0.5) is 8.78 Å². The quantitative estimate of drug-likeness (QED) is 0.769. The highest BCUT2D eigenvalue weighted by Crippen LogP contribution is 2.22. The maximum atomic E-state index is 13.4. The molecular formula is C17H18BrF2N. The Morgan fingerprint density at radius 3 is 2.38 bits per heavy atom. The van der Waals surface area contributed by atoms with E-state index < -0.39 is 11.6 Å². The van der Waals surface area contributed by atoms with Crippen molar-refractivity contribution in [1.29, 1.82) is 0 Å². The molecule has 0 aliphatic rings. The van der Waals surface area contributed by atoms with Gasteiger partial charge in [-0.15, -0.1) is 0 Å². The lowest BCUT2D eigenvalue weighted by Crippen LogP contribution is -2.24. The minimum absolute atomic E-state index is 0.0266. The normalized spacial score (nSPS) is 12.4. The summed E-state index contributed by atoms with van der Waals surface area (Å²) in [5.74, 6) is -1.61. The highest BCUT2D eigenvalue weighted by Gasteiger charge is 2.14. The van der Waals surface area contributed by atoms with Gasteiger partial charge in [0.25, 0.3) is 0 Å². The second-order valence-electron chi connectivity index (χ2n) is 5.01. The summed E-state index contributed by atoms with van der Waals surface area (Å²) in [6, 6.07) is 12.1. The standard InChI is InChI=1S/C17H18BrF2N/c1-2-9-21-17(10-12-3-6-14(18)7-4-12)13-5-8-15(19)16(20)11-13/h3-8,11,17,21H,2,9-10H2,1H3. The lowest BCUT2D eigenvalue weighted by Gasteiger charge is -2.19. The van der Waals surface area contributed by atoms with E-state index in [2.05, 4.69) is 28.2 Å². The summed E-state index contributed by atoms with van der Waals surface area (Å²) >= 11 is 3.41. The van der Waals surface area contributed by atoms with Gasteiger partial charge in [-0.05, 0) is 54.8 Å². The maximum absolute atomic E-state index is 13.4. The van der Waals surface area contributed by atoms with Crippen LogP contribution in [0.25, 0.3) is 0 Å². The van der Waals surface area contributed by atoms with Crippen molar-refractivity contribution in [2.24, 2.45) is 0 Å². The van der Waals surface area contributed by atoms with Gasteiger partial charge in [0.2, 0.25) is 0 Å². The zero-order chi connectivity index (χ0) is 15.2. The van der Waals surface area contributed by atoms with Crippen molar-refractivity contribution in [2.45, 2.75) is 25.8 Å². The molecular weight excluding hydrogens is 336 g/mol. The summed E-state index contributed by atoms with van der Waals surface area (Å²) in [5.41, 5.74) is 1.92. The smallest absolute Gasteiger partial charge is 0.159 e. The van der Waals surface area contributed by atoms with Gasteiger partial charge in [-0.1, -0.05) is 41.1 Å². The molecule has 0 saturated carbocycles. The predicted octanol–water partition coefficient (Wildman–Crippen LogP) is 5.01. The second-order valence-corrected chi connectivity index (χ2v) is 5.93. The van der Waals surface area contributed by atoms with Gasteiger partial charge in [0.15, 0.2) is 11.6 Å². The van der Waals surface area contributed by atoms with Crippen LogP contribution >= 0.6 is 15.9 Å². The van der Waals surface area contributed by atoms with Crippen molar-refractivity contribution in [3.63, 3.8) is 0 Å². The van der Waals surface area contributed by atoms with Crippen molar-refractivity contribution in [3.05, 3.63) is 69.7 Å². The van der Waals surface area contributed by atoms with E-state index in [-0.39, 0.29) is 6.04 Å². The molecule has 1 nitrogen and oxygen atoms in total. The first-order valence-corrected chi connectivity index (χ1v) is 7.82. The molecule has 112 valence electrons. The Morgan fingerprint density at radius 2 is 1.76 bits per heavy atom. The lowest BCUT2D eigenvalue weighted by molar-refractivity contribution is 0.493. The molecule has 0 aromatic heterocycles. The Morgan fingerprint density at radius 1 is 1.05 bits per heavy atom. The van der Waals surface area contributed by atoms with Crippen LogP contribution in [0.5, 0.6) is 0 Å². The molecule has 0 saturated heterocycles. The Labute approximate surface area is 132 Å². The molecule has 0 bridgehead atoms. The molecule has 0 aliphatic carbocycles. The molecule has 0 radical (unpaired) electrons. The molecule has 0 amide bonds. The van der Waals surface area contributed by atoms with Gasteiger partial charge in [-0.25, -0.2) is 8.78 Å². The first kappa shape index (κ1) is 16.1. The molecule has 2 aromatic rings. The average molecular weight is 354 g/mol. The zero-order valence-electron chi connectivity index (χ0n) is 11.9. The molecule has 2 rings (SSSR count). The van der Waals surface area contributed by atoms with E-state index in [0.717, 1.165) is 35.0 Å². The third kappa shape index (κ3) is 4.61. The van der Waals surface area contributed by atoms with E-state index >= 15 is 0 Å². The van der Waals surface area contributed by atoms with E-state index in [1.165, 1.54) is 12.1 Å². The van der Waals surface area contributed by atoms with Crippen LogP contribution < -0.4 is 5.32 Å². The first-order valence-electron chi connectivity index (χ1n) is 7.03. The van der Waals surface area contributed by atoms with E-state index in [1.54, 1.807) is 6.07 Å². The van der Waals surface area contributed by atoms with Crippen molar-refractivity contribution < 1.29 is 8.78 Å². The van der Waals surface area contributed by atoms with E-state index in [9.17, 15) is 8.78 Å². The third-order valence-electron chi connectivity index (χ3n) is 3.34. The van der Waals surface area contributed by atoms with Gasteiger partial charge < -0.3 is 5.32 Å². The monoisotopic (exact) mass is 353 g/mol. The van der Waals surface area contributed by atoms with Crippen molar-refractivity contribution in [1.82, 2.24) is 5.32 Å². The Balaban J connectivity index is 2.20. The van der Waals surface area contributed by atoms with Gasteiger partial charge in [0.05, 0.1) is 0 Å². The summed E-state index contributed by atoms with van der Waals surface area (Å²) in [5, 5.41) is 3.39.